The van der Waals surface area contributed by atoms with Crippen LogP contribution in [0.3, 0.4) is 0 Å². The molecule has 0 N–H and O–H groups in total. The Labute approximate surface area is 143 Å². The molecule has 2 aromatic rings. The van der Waals surface area contributed by atoms with Crippen LogP contribution in [0.5, 0.6) is 0 Å². The minimum Gasteiger partial charge on any atom is -0.376 e. The summed E-state index contributed by atoms with van der Waals surface area (Å²) in [7, 11) is 0. The SMILES string of the molecule is O=C(c1ccc(Cl)cc1F)N(Cc1cccs1)C[C@@H]1CCCO1. The number of benzene rings is 1. The van der Waals surface area contributed by atoms with Crippen LogP contribution in [-0.4, -0.2) is 30.1 Å². The van der Waals surface area contributed by atoms with Gasteiger partial charge < -0.3 is 9.64 Å². The zero-order valence-corrected chi connectivity index (χ0v) is 14.1. The summed E-state index contributed by atoms with van der Waals surface area (Å²) in [5, 5.41) is 2.25. The summed E-state index contributed by atoms with van der Waals surface area (Å²) in [5.74, 6) is -0.922. The fraction of sp³-hybridized carbons (Fsp3) is 0.353. The van der Waals surface area contributed by atoms with E-state index in [0.717, 1.165) is 24.3 Å². The molecule has 6 heteroatoms. The van der Waals surface area contributed by atoms with Crippen LogP contribution in [0.2, 0.25) is 5.02 Å². The molecule has 0 saturated carbocycles. The van der Waals surface area contributed by atoms with Gasteiger partial charge in [-0.1, -0.05) is 17.7 Å². The van der Waals surface area contributed by atoms with Crippen molar-refractivity contribution < 1.29 is 13.9 Å². The molecule has 0 unspecified atom stereocenters. The molecule has 122 valence electrons. The minimum absolute atomic E-state index is 0.0225. The van der Waals surface area contributed by atoms with Gasteiger partial charge in [0.2, 0.25) is 0 Å². The van der Waals surface area contributed by atoms with E-state index in [-0.39, 0.29) is 22.6 Å². The van der Waals surface area contributed by atoms with Crippen molar-refractivity contribution in [2.45, 2.75) is 25.5 Å². The fourth-order valence-electron chi connectivity index (χ4n) is 2.68. The van der Waals surface area contributed by atoms with Gasteiger partial charge in [-0.25, -0.2) is 4.39 Å². The summed E-state index contributed by atoms with van der Waals surface area (Å²) < 4.78 is 19.7. The molecule has 3 rings (SSSR count). The molecule has 1 amide bonds. The molecule has 1 saturated heterocycles. The number of nitrogens with zero attached hydrogens (tertiary/aromatic N) is 1. The van der Waals surface area contributed by atoms with Gasteiger partial charge in [0.15, 0.2) is 0 Å². The zero-order valence-electron chi connectivity index (χ0n) is 12.5. The Morgan fingerprint density at radius 3 is 2.96 bits per heavy atom. The number of halogens is 2. The maximum Gasteiger partial charge on any atom is 0.257 e. The Morgan fingerprint density at radius 2 is 2.30 bits per heavy atom. The Hall–Kier alpha value is -1.43. The van der Waals surface area contributed by atoms with Crippen LogP contribution in [0, 0.1) is 5.82 Å². The largest absolute Gasteiger partial charge is 0.376 e. The molecular formula is C17H17ClFNO2S. The second-order valence-electron chi connectivity index (χ2n) is 5.52. The Bertz CT molecular complexity index is 671. The van der Waals surface area contributed by atoms with Crippen molar-refractivity contribution in [3.05, 3.63) is 57.0 Å². The Morgan fingerprint density at radius 1 is 1.43 bits per heavy atom. The number of carbonyl (C=O) groups is 1. The molecule has 1 fully saturated rings. The minimum atomic E-state index is -0.592. The van der Waals surface area contributed by atoms with Crippen molar-refractivity contribution in [3.63, 3.8) is 0 Å². The van der Waals surface area contributed by atoms with E-state index in [4.69, 9.17) is 16.3 Å². The predicted molar refractivity (Wildman–Crippen MR) is 89.4 cm³/mol. The molecule has 0 spiro atoms. The van der Waals surface area contributed by atoms with Gasteiger partial charge in [-0.05, 0) is 42.5 Å². The van der Waals surface area contributed by atoms with Crippen molar-refractivity contribution in [2.24, 2.45) is 0 Å². The molecule has 0 aliphatic carbocycles. The molecule has 0 bridgehead atoms. The number of hydrogen-bond donors (Lipinski definition) is 0. The molecule has 1 aromatic carbocycles. The number of ether oxygens (including phenoxy) is 1. The van der Waals surface area contributed by atoms with Crippen LogP contribution in [0.15, 0.2) is 35.7 Å². The highest BCUT2D eigenvalue weighted by molar-refractivity contribution is 7.09. The van der Waals surface area contributed by atoms with Crippen molar-refractivity contribution in [1.82, 2.24) is 4.90 Å². The van der Waals surface area contributed by atoms with Crippen LogP contribution in [0.4, 0.5) is 4.39 Å². The van der Waals surface area contributed by atoms with E-state index in [1.54, 1.807) is 16.2 Å². The lowest BCUT2D eigenvalue weighted by molar-refractivity contribution is 0.0506. The van der Waals surface area contributed by atoms with Gasteiger partial charge in [-0.2, -0.15) is 0 Å². The van der Waals surface area contributed by atoms with Crippen LogP contribution in [0.25, 0.3) is 0 Å². The normalized spacial score (nSPS) is 17.4. The summed E-state index contributed by atoms with van der Waals surface area (Å²) >= 11 is 7.35. The highest BCUT2D eigenvalue weighted by Crippen LogP contribution is 2.21. The lowest BCUT2D eigenvalue weighted by Crippen LogP contribution is -2.37. The van der Waals surface area contributed by atoms with Gasteiger partial charge in [0.25, 0.3) is 5.91 Å². The average Bonchev–Trinajstić information content (AvgIpc) is 3.19. The Balaban J connectivity index is 1.81. The van der Waals surface area contributed by atoms with Crippen molar-refractivity contribution >= 4 is 28.8 Å². The van der Waals surface area contributed by atoms with E-state index in [9.17, 15) is 9.18 Å². The molecular weight excluding hydrogens is 337 g/mol. The van der Waals surface area contributed by atoms with Crippen LogP contribution in [0.1, 0.15) is 28.1 Å². The summed E-state index contributed by atoms with van der Waals surface area (Å²) in [5.41, 5.74) is 0.0453. The zero-order chi connectivity index (χ0) is 16.2. The highest BCUT2D eigenvalue weighted by atomic mass is 35.5. The van der Waals surface area contributed by atoms with E-state index < -0.39 is 5.82 Å². The molecule has 23 heavy (non-hydrogen) atoms. The van der Waals surface area contributed by atoms with Gasteiger partial charge in [0.05, 0.1) is 18.2 Å². The van der Waals surface area contributed by atoms with Gasteiger partial charge >= 0.3 is 0 Å². The first-order chi connectivity index (χ1) is 11.1. The maximum atomic E-state index is 14.1. The maximum absolute atomic E-state index is 14.1. The second-order valence-corrected chi connectivity index (χ2v) is 6.99. The predicted octanol–water partition coefficient (Wildman–Crippen LogP) is 4.36. The van der Waals surface area contributed by atoms with Crippen LogP contribution in [-0.2, 0) is 11.3 Å². The van der Waals surface area contributed by atoms with E-state index in [2.05, 4.69) is 0 Å². The monoisotopic (exact) mass is 353 g/mol. The number of amides is 1. The third kappa shape index (κ3) is 4.10. The molecule has 1 aliphatic heterocycles. The molecule has 3 nitrogen and oxygen atoms in total. The van der Waals surface area contributed by atoms with Gasteiger partial charge in [0, 0.05) is 23.1 Å². The summed E-state index contributed by atoms with van der Waals surface area (Å²) in [4.78, 5) is 15.5. The first-order valence-electron chi connectivity index (χ1n) is 7.52. The fourth-order valence-corrected chi connectivity index (χ4v) is 3.56. The third-order valence-electron chi connectivity index (χ3n) is 3.82. The van der Waals surface area contributed by atoms with Gasteiger partial charge in [0.1, 0.15) is 5.82 Å². The number of hydrogen-bond acceptors (Lipinski definition) is 3. The lowest BCUT2D eigenvalue weighted by Gasteiger charge is -2.25. The number of carbonyl (C=O) groups excluding carboxylic acids is 1. The quantitative estimate of drug-likeness (QED) is 0.799. The highest BCUT2D eigenvalue weighted by Gasteiger charge is 2.25. The van der Waals surface area contributed by atoms with Gasteiger partial charge in [-0.3, -0.25) is 4.79 Å². The molecule has 2 heterocycles. The lowest BCUT2D eigenvalue weighted by atomic mass is 10.1. The molecule has 1 atom stereocenters. The second kappa shape index (κ2) is 7.43. The third-order valence-corrected chi connectivity index (χ3v) is 4.92. The van der Waals surface area contributed by atoms with E-state index in [1.165, 1.54) is 18.2 Å². The number of rotatable bonds is 5. The van der Waals surface area contributed by atoms with Crippen molar-refractivity contribution in [3.8, 4) is 0 Å². The first kappa shape index (κ1) is 16.4. The standard InChI is InChI=1S/C17H17ClFNO2S/c18-12-5-6-15(16(19)9-12)17(21)20(10-13-3-1-7-22-13)11-14-4-2-8-23-14/h2,4-6,8-9,13H,1,3,7,10-11H2/t13-/m0/s1. The Kier molecular flexibility index (Phi) is 5.30. The molecule has 1 aliphatic rings. The van der Waals surface area contributed by atoms with Crippen molar-refractivity contribution in [1.29, 1.82) is 0 Å². The first-order valence-corrected chi connectivity index (χ1v) is 8.77. The average molecular weight is 354 g/mol. The van der Waals surface area contributed by atoms with E-state index >= 15 is 0 Å². The van der Waals surface area contributed by atoms with E-state index in [1.807, 2.05) is 17.5 Å². The molecule has 1 aromatic heterocycles. The number of thiophene rings is 1. The summed E-state index contributed by atoms with van der Waals surface area (Å²) in [6, 6.07) is 8.06. The smallest absolute Gasteiger partial charge is 0.257 e. The van der Waals surface area contributed by atoms with E-state index in [0.29, 0.717) is 13.1 Å². The van der Waals surface area contributed by atoms with Crippen molar-refractivity contribution in [2.75, 3.05) is 13.2 Å². The molecule has 0 radical (unpaired) electrons. The van der Waals surface area contributed by atoms with Crippen LogP contribution >= 0.6 is 22.9 Å². The summed E-state index contributed by atoms with van der Waals surface area (Å²) in [6.45, 7) is 1.65. The van der Waals surface area contributed by atoms with Gasteiger partial charge in [-0.15, -0.1) is 11.3 Å². The van der Waals surface area contributed by atoms with Crippen LogP contribution < -0.4 is 0 Å². The topological polar surface area (TPSA) is 29.5 Å². The summed E-state index contributed by atoms with van der Waals surface area (Å²) in [6.07, 6.45) is 1.95.